The Morgan fingerprint density at radius 3 is 2.70 bits per heavy atom. The van der Waals surface area contributed by atoms with Crippen molar-refractivity contribution in [1.29, 1.82) is 0 Å². The molecule has 6 rings (SSSR count). The molecule has 0 spiro atoms. The average Bonchev–Trinajstić information content (AvgIpc) is 3.42. The van der Waals surface area contributed by atoms with E-state index in [9.17, 15) is 9.59 Å². The van der Waals surface area contributed by atoms with Gasteiger partial charge in [0.25, 0.3) is 11.5 Å². The smallest absolute Gasteiger partial charge is 0.264 e. The summed E-state index contributed by atoms with van der Waals surface area (Å²) in [6.07, 6.45) is 9.07. The van der Waals surface area contributed by atoms with Crippen molar-refractivity contribution in [2.75, 3.05) is 17.7 Å². The van der Waals surface area contributed by atoms with Gasteiger partial charge in [0.15, 0.2) is 11.5 Å². The fourth-order valence-corrected chi connectivity index (χ4v) is 5.27. The molecular weight excluding hydrogens is 466 g/mol. The second-order valence-electron chi connectivity index (χ2n) is 9.07. The van der Waals surface area contributed by atoms with Gasteiger partial charge in [0.1, 0.15) is 5.56 Å². The number of terminal acetylenes is 1. The SMILES string of the molecule is C#Cc1ccc2c3c(c([C@H](C)NC(=O)c4c(N)nn5cccnc45)n(-c4ccccc4)c(=O)c13)CN2C. The third-order valence-corrected chi connectivity index (χ3v) is 6.84. The minimum atomic E-state index is -0.563. The first-order valence-corrected chi connectivity index (χ1v) is 11.8. The molecule has 1 amide bonds. The van der Waals surface area contributed by atoms with Crippen molar-refractivity contribution in [3.8, 4) is 18.0 Å². The van der Waals surface area contributed by atoms with E-state index in [4.69, 9.17) is 12.2 Å². The fraction of sp³-hybridized carbons (Fsp3) is 0.143. The van der Waals surface area contributed by atoms with E-state index in [-0.39, 0.29) is 16.9 Å². The summed E-state index contributed by atoms with van der Waals surface area (Å²) in [7, 11) is 1.97. The van der Waals surface area contributed by atoms with E-state index < -0.39 is 11.9 Å². The number of carbonyl (C=O) groups is 1. The number of fused-ring (bicyclic) bond motifs is 1. The maximum atomic E-state index is 14.1. The van der Waals surface area contributed by atoms with Crippen LogP contribution in [0.2, 0.25) is 0 Å². The molecule has 3 aromatic heterocycles. The van der Waals surface area contributed by atoms with Crippen LogP contribution < -0.4 is 21.5 Å². The standard InChI is InChI=1S/C28H23N7O2/c1-4-17-11-12-20-22-19(15-33(20)3)24(35(28(37)21(17)22)18-9-6-5-7-10-18)16(2)31-27(36)23-25(29)32-34-14-8-13-30-26(23)34/h1,5-14,16H,15H2,2-3H3,(H2,29,32)(H,31,36)/t16-/m0/s1. The van der Waals surface area contributed by atoms with Gasteiger partial charge in [-0.15, -0.1) is 11.5 Å². The molecule has 1 aliphatic heterocycles. The zero-order valence-electron chi connectivity index (χ0n) is 20.3. The molecule has 1 aliphatic rings. The van der Waals surface area contributed by atoms with Crippen LogP contribution in [0.1, 0.15) is 40.1 Å². The summed E-state index contributed by atoms with van der Waals surface area (Å²) in [5.41, 5.74) is 10.2. The average molecular weight is 490 g/mol. The highest BCUT2D eigenvalue weighted by Gasteiger charge is 2.31. The first-order chi connectivity index (χ1) is 17.9. The number of nitrogens with zero attached hydrogens (tertiary/aromatic N) is 5. The van der Waals surface area contributed by atoms with Crippen molar-refractivity contribution in [3.05, 3.63) is 93.7 Å². The number of para-hydroxylation sites is 1. The first kappa shape index (κ1) is 22.4. The van der Waals surface area contributed by atoms with Gasteiger partial charge in [-0.3, -0.25) is 14.2 Å². The summed E-state index contributed by atoms with van der Waals surface area (Å²) in [5, 5.41) is 8.56. The molecule has 2 aromatic carbocycles. The lowest BCUT2D eigenvalue weighted by Gasteiger charge is -2.23. The van der Waals surface area contributed by atoms with Gasteiger partial charge in [-0.05, 0) is 37.3 Å². The van der Waals surface area contributed by atoms with Gasteiger partial charge >= 0.3 is 0 Å². The van der Waals surface area contributed by atoms with Crippen LogP contribution in [0.4, 0.5) is 11.5 Å². The van der Waals surface area contributed by atoms with Crippen molar-refractivity contribution < 1.29 is 4.79 Å². The summed E-state index contributed by atoms with van der Waals surface area (Å²) in [5.74, 6) is 2.33. The Kier molecular flexibility index (Phi) is 4.98. The van der Waals surface area contributed by atoms with Crippen molar-refractivity contribution >= 4 is 33.8 Å². The number of anilines is 2. The molecule has 1 atom stereocenters. The molecule has 0 bridgehead atoms. The minimum absolute atomic E-state index is 0.0765. The number of rotatable bonds is 4. The predicted molar refractivity (Wildman–Crippen MR) is 143 cm³/mol. The van der Waals surface area contributed by atoms with Crippen LogP contribution in [0, 0.1) is 12.3 Å². The van der Waals surface area contributed by atoms with Gasteiger partial charge in [-0.25, -0.2) is 9.50 Å². The number of nitrogens with one attached hydrogen (secondary N) is 1. The van der Waals surface area contributed by atoms with Gasteiger partial charge in [-0.1, -0.05) is 24.1 Å². The van der Waals surface area contributed by atoms with E-state index in [0.29, 0.717) is 34.5 Å². The van der Waals surface area contributed by atoms with E-state index in [1.54, 1.807) is 23.0 Å². The molecular formula is C28H23N7O2. The fourth-order valence-electron chi connectivity index (χ4n) is 5.27. The predicted octanol–water partition coefficient (Wildman–Crippen LogP) is 3.04. The number of nitrogens with two attached hydrogens (primary N) is 1. The zero-order chi connectivity index (χ0) is 25.8. The number of aromatic nitrogens is 4. The largest absolute Gasteiger partial charge is 0.381 e. The van der Waals surface area contributed by atoms with Crippen LogP contribution in [0.5, 0.6) is 0 Å². The minimum Gasteiger partial charge on any atom is -0.381 e. The maximum absolute atomic E-state index is 14.1. The monoisotopic (exact) mass is 489 g/mol. The maximum Gasteiger partial charge on any atom is 0.264 e. The van der Waals surface area contributed by atoms with E-state index in [1.807, 2.05) is 56.4 Å². The second-order valence-corrected chi connectivity index (χ2v) is 9.07. The van der Waals surface area contributed by atoms with Crippen LogP contribution in [0.15, 0.2) is 65.7 Å². The van der Waals surface area contributed by atoms with Crippen LogP contribution in [0.25, 0.3) is 22.1 Å². The third kappa shape index (κ3) is 3.27. The third-order valence-electron chi connectivity index (χ3n) is 6.84. The Morgan fingerprint density at radius 1 is 1.16 bits per heavy atom. The number of amides is 1. The molecule has 4 heterocycles. The Bertz CT molecular complexity index is 1830. The van der Waals surface area contributed by atoms with Crippen molar-refractivity contribution in [2.24, 2.45) is 0 Å². The van der Waals surface area contributed by atoms with Crippen LogP contribution in [-0.4, -0.2) is 32.1 Å². The molecule has 0 saturated carbocycles. The zero-order valence-corrected chi connectivity index (χ0v) is 20.3. The van der Waals surface area contributed by atoms with Crippen molar-refractivity contribution in [3.63, 3.8) is 0 Å². The highest BCUT2D eigenvalue weighted by Crippen LogP contribution is 2.40. The quantitative estimate of drug-likeness (QED) is 0.376. The molecule has 9 heteroatoms. The normalized spacial score (nSPS) is 13.2. The summed E-state index contributed by atoms with van der Waals surface area (Å²) < 4.78 is 3.12. The van der Waals surface area contributed by atoms with E-state index in [2.05, 4.69) is 26.2 Å². The lowest BCUT2D eigenvalue weighted by molar-refractivity contribution is 0.0941. The summed E-state index contributed by atoms with van der Waals surface area (Å²) in [6.45, 7) is 2.41. The van der Waals surface area contributed by atoms with E-state index >= 15 is 0 Å². The molecule has 37 heavy (non-hydrogen) atoms. The van der Waals surface area contributed by atoms with E-state index in [1.165, 1.54) is 4.52 Å². The Morgan fingerprint density at radius 2 is 1.95 bits per heavy atom. The molecule has 0 radical (unpaired) electrons. The topological polar surface area (TPSA) is 111 Å². The lowest BCUT2D eigenvalue weighted by atomic mass is 9.97. The first-order valence-electron chi connectivity index (χ1n) is 11.8. The molecule has 0 unspecified atom stereocenters. The Labute approximate surface area is 212 Å². The van der Waals surface area contributed by atoms with Crippen LogP contribution >= 0.6 is 0 Å². The summed E-state index contributed by atoms with van der Waals surface area (Å²) >= 11 is 0. The molecule has 0 aliphatic carbocycles. The Hall–Kier alpha value is -5.10. The molecule has 0 fully saturated rings. The summed E-state index contributed by atoms with van der Waals surface area (Å²) in [6, 6.07) is 14.3. The highest BCUT2D eigenvalue weighted by atomic mass is 16.2. The van der Waals surface area contributed by atoms with Gasteiger partial charge < -0.3 is 16.0 Å². The second kappa shape index (κ2) is 8.24. The van der Waals surface area contributed by atoms with Gasteiger partial charge in [0.05, 0.1) is 17.1 Å². The molecule has 182 valence electrons. The van der Waals surface area contributed by atoms with Crippen LogP contribution in [0.3, 0.4) is 0 Å². The molecule has 3 N–H and O–H groups in total. The molecule has 9 nitrogen and oxygen atoms in total. The van der Waals surface area contributed by atoms with Crippen molar-refractivity contribution in [1.82, 2.24) is 24.5 Å². The van der Waals surface area contributed by atoms with Crippen molar-refractivity contribution in [2.45, 2.75) is 19.5 Å². The van der Waals surface area contributed by atoms with Gasteiger partial charge in [0, 0.05) is 53.9 Å². The van der Waals surface area contributed by atoms with Gasteiger partial charge in [0.2, 0.25) is 0 Å². The summed E-state index contributed by atoms with van der Waals surface area (Å²) in [4.78, 5) is 34.0. The number of pyridine rings is 1. The number of carbonyl (C=O) groups excluding carboxylic acids is 1. The molecule has 5 aromatic rings. The number of nitrogen functional groups attached to an aromatic ring is 1. The highest BCUT2D eigenvalue weighted by molar-refractivity contribution is 6.05. The van der Waals surface area contributed by atoms with Gasteiger partial charge in [-0.2, -0.15) is 0 Å². The molecule has 0 saturated heterocycles. The lowest BCUT2D eigenvalue weighted by Crippen LogP contribution is -2.34. The number of benzene rings is 2. The van der Waals surface area contributed by atoms with E-state index in [0.717, 1.165) is 16.6 Å². The van der Waals surface area contributed by atoms with Crippen LogP contribution in [-0.2, 0) is 6.54 Å². The Balaban J connectivity index is 1.58. The number of hydrogen-bond acceptors (Lipinski definition) is 6. The number of hydrogen-bond donors (Lipinski definition) is 2.